The van der Waals surface area contributed by atoms with Gasteiger partial charge in [0.2, 0.25) is 0 Å². The molecule has 0 bridgehead atoms. The van der Waals surface area contributed by atoms with Crippen LogP contribution in [0.4, 0.5) is 5.82 Å². The van der Waals surface area contributed by atoms with Crippen molar-refractivity contribution in [2.45, 2.75) is 45.2 Å². The van der Waals surface area contributed by atoms with Crippen LogP contribution in [-0.4, -0.2) is 89.1 Å². The fourth-order valence-corrected chi connectivity index (χ4v) is 5.85. The quantitative estimate of drug-likeness (QED) is 0.668. The number of carbonyl (C=O) groups is 2. The molecule has 4 aliphatic rings. The van der Waals surface area contributed by atoms with Crippen molar-refractivity contribution in [3.63, 3.8) is 0 Å². The van der Waals surface area contributed by atoms with Crippen LogP contribution in [-0.2, 0) is 22.6 Å². The van der Waals surface area contributed by atoms with Gasteiger partial charge < -0.3 is 19.6 Å². The summed E-state index contributed by atoms with van der Waals surface area (Å²) < 4.78 is 0. The molecule has 1 aromatic heterocycles. The van der Waals surface area contributed by atoms with Gasteiger partial charge in [0.05, 0.1) is 5.69 Å². The summed E-state index contributed by atoms with van der Waals surface area (Å²) in [5.74, 6) is 1.63. The second-order valence-electron chi connectivity index (χ2n) is 9.50. The van der Waals surface area contributed by atoms with Gasteiger partial charge in [0, 0.05) is 58.3 Å². The second kappa shape index (κ2) is 7.80. The van der Waals surface area contributed by atoms with E-state index in [1.54, 1.807) is 9.80 Å². The van der Waals surface area contributed by atoms with Gasteiger partial charge in [-0.15, -0.1) is 5.10 Å². The molecule has 3 atom stereocenters. The van der Waals surface area contributed by atoms with E-state index in [0.29, 0.717) is 37.9 Å². The van der Waals surface area contributed by atoms with Crippen molar-refractivity contribution in [1.29, 1.82) is 0 Å². The van der Waals surface area contributed by atoms with E-state index in [9.17, 15) is 9.59 Å². The maximum absolute atomic E-state index is 12.9. The molecular formula is C22H32N6O2. The van der Waals surface area contributed by atoms with Gasteiger partial charge in [0.25, 0.3) is 0 Å². The van der Waals surface area contributed by atoms with Gasteiger partial charge in [-0.3, -0.25) is 9.59 Å². The summed E-state index contributed by atoms with van der Waals surface area (Å²) >= 11 is 0. The summed E-state index contributed by atoms with van der Waals surface area (Å²) in [6.07, 6.45) is 3.57. The zero-order valence-corrected chi connectivity index (χ0v) is 18.1. The Balaban J connectivity index is 1.27. The van der Waals surface area contributed by atoms with Crippen molar-refractivity contribution in [2.75, 3.05) is 51.2 Å². The third-order valence-electron chi connectivity index (χ3n) is 7.50. The van der Waals surface area contributed by atoms with E-state index < -0.39 is 0 Å². The Kier molecular flexibility index (Phi) is 5.13. The molecule has 5 heterocycles. The van der Waals surface area contributed by atoms with Gasteiger partial charge in [-0.25, -0.2) is 0 Å². The lowest BCUT2D eigenvalue weighted by molar-refractivity contribution is -0.153. The van der Waals surface area contributed by atoms with Crippen LogP contribution >= 0.6 is 0 Å². The summed E-state index contributed by atoms with van der Waals surface area (Å²) in [5, 5.41) is 8.97. The molecule has 8 heteroatoms. The van der Waals surface area contributed by atoms with E-state index in [1.807, 2.05) is 0 Å². The zero-order valence-electron chi connectivity index (χ0n) is 18.1. The highest BCUT2D eigenvalue weighted by Gasteiger charge is 2.40. The second-order valence-corrected chi connectivity index (χ2v) is 9.50. The molecule has 0 spiro atoms. The van der Waals surface area contributed by atoms with Gasteiger partial charge >= 0.3 is 11.8 Å². The molecule has 1 unspecified atom stereocenters. The summed E-state index contributed by atoms with van der Waals surface area (Å²) in [5.41, 5.74) is 2.00. The molecule has 0 aliphatic carbocycles. The maximum Gasteiger partial charge on any atom is 0.312 e. The van der Waals surface area contributed by atoms with Crippen molar-refractivity contribution in [1.82, 2.24) is 24.9 Å². The van der Waals surface area contributed by atoms with Gasteiger partial charge in [-0.2, -0.15) is 5.10 Å². The predicted molar refractivity (Wildman–Crippen MR) is 113 cm³/mol. The van der Waals surface area contributed by atoms with Gasteiger partial charge in [0.1, 0.15) is 0 Å². The highest BCUT2D eigenvalue weighted by molar-refractivity contribution is 6.35. The fraction of sp³-hybridized carbons (Fsp3) is 0.727. The third kappa shape index (κ3) is 3.45. The van der Waals surface area contributed by atoms with Crippen molar-refractivity contribution >= 4 is 17.6 Å². The molecule has 3 fully saturated rings. The number of anilines is 1. The Morgan fingerprint density at radius 1 is 1.07 bits per heavy atom. The molecule has 162 valence electrons. The highest BCUT2D eigenvalue weighted by atomic mass is 16.2. The molecule has 0 N–H and O–H groups in total. The van der Waals surface area contributed by atoms with Crippen LogP contribution in [0.2, 0.25) is 0 Å². The lowest BCUT2D eigenvalue weighted by atomic mass is 10.0. The van der Waals surface area contributed by atoms with Crippen LogP contribution in [0.1, 0.15) is 37.4 Å². The molecule has 5 rings (SSSR count). The van der Waals surface area contributed by atoms with Crippen LogP contribution in [0.3, 0.4) is 0 Å². The SMILES string of the molecule is CCC1CCCN1C(=O)C(=O)N1CCc2nnc(N3C[C@H]4CN(C)C[C@H]4C3)cc2C1. The van der Waals surface area contributed by atoms with Crippen LogP contribution in [0.5, 0.6) is 0 Å². The predicted octanol–water partition coefficient (Wildman–Crippen LogP) is 0.760. The number of hydrogen-bond acceptors (Lipinski definition) is 6. The Morgan fingerprint density at radius 2 is 1.83 bits per heavy atom. The fourth-order valence-electron chi connectivity index (χ4n) is 5.85. The normalized spacial score (nSPS) is 28.7. The number of rotatable bonds is 2. The minimum Gasteiger partial charge on any atom is -0.354 e. The largest absolute Gasteiger partial charge is 0.354 e. The molecule has 3 saturated heterocycles. The topological polar surface area (TPSA) is 72.9 Å². The molecule has 8 nitrogen and oxygen atoms in total. The zero-order chi connectivity index (χ0) is 20.8. The maximum atomic E-state index is 12.9. The number of amides is 2. The van der Waals surface area contributed by atoms with Crippen molar-refractivity contribution in [3.8, 4) is 0 Å². The first-order chi connectivity index (χ1) is 14.5. The molecule has 1 aromatic rings. The molecule has 0 saturated carbocycles. The van der Waals surface area contributed by atoms with Gasteiger partial charge in [0.15, 0.2) is 5.82 Å². The summed E-state index contributed by atoms with van der Waals surface area (Å²) in [6.45, 7) is 8.14. The van der Waals surface area contributed by atoms with Gasteiger partial charge in [-0.1, -0.05) is 6.92 Å². The minimum atomic E-state index is -0.363. The number of fused-ring (bicyclic) bond motifs is 2. The molecule has 2 amide bonds. The first-order valence-electron chi connectivity index (χ1n) is 11.4. The van der Waals surface area contributed by atoms with Crippen LogP contribution in [0.25, 0.3) is 0 Å². The van der Waals surface area contributed by atoms with Crippen molar-refractivity contribution in [3.05, 3.63) is 17.3 Å². The van der Waals surface area contributed by atoms with Crippen LogP contribution in [0, 0.1) is 11.8 Å². The minimum absolute atomic E-state index is 0.213. The number of nitrogens with zero attached hydrogens (tertiary/aromatic N) is 6. The third-order valence-corrected chi connectivity index (χ3v) is 7.50. The van der Waals surface area contributed by atoms with Crippen LogP contribution in [0.15, 0.2) is 6.07 Å². The first kappa shape index (κ1) is 19.7. The first-order valence-corrected chi connectivity index (χ1v) is 11.4. The lowest BCUT2D eigenvalue weighted by Gasteiger charge is -2.31. The smallest absolute Gasteiger partial charge is 0.312 e. The van der Waals surface area contributed by atoms with E-state index in [0.717, 1.165) is 62.5 Å². The van der Waals surface area contributed by atoms with Gasteiger partial charge in [-0.05, 0) is 49.8 Å². The van der Waals surface area contributed by atoms with Crippen LogP contribution < -0.4 is 4.90 Å². The van der Waals surface area contributed by atoms with E-state index >= 15 is 0 Å². The lowest BCUT2D eigenvalue weighted by Crippen LogP contribution is -2.48. The number of hydrogen-bond donors (Lipinski definition) is 0. The Bertz CT molecular complexity index is 831. The van der Waals surface area contributed by atoms with E-state index in [2.05, 4.69) is 40.0 Å². The molecule has 30 heavy (non-hydrogen) atoms. The average Bonchev–Trinajstić information content (AvgIpc) is 3.46. The molecule has 0 radical (unpaired) electrons. The van der Waals surface area contributed by atoms with Crippen molar-refractivity contribution < 1.29 is 9.59 Å². The summed E-state index contributed by atoms with van der Waals surface area (Å²) in [4.78, 5) is 34.0. The van der Waals surface area contributed by atoms with E-state index in [4.69, 9.17) is 0 Å². The summed E-state index contributed by atoms with van der Waals surface area (Å²) in [6, 6.07) is 2.31. The number of likely N-dealkylation sites (tertiary alicyclic amines) is 2. The monoisotopic (exact) mass is 412 g/mol. The number of aromatic nitrogens is 2. The van der Waals surface area contributed by atoms with E-state index in [-0.39, 0.29) is 17.9 Å². The Hall–Kier alpha value is -2.22. The average molecular weight is 413 g/mol. The molecular weight excluding hydrogens is 380 g/mol. The Labute approximate surface area is 178 Å². The number of carbonyl (C=O) groups excluding carboxylic acids is 2. The van der Waals surface area contributed by atoms with Crippen molar-refractivity contribution in [2.24, 2.45) is 11.8 Å². The summed E-state index contributed by atoms with van der Waals surface area (Å²) in [7, 11) is 2.19. The molecule has 4 aliphatic heterocycles. The molecule has 0 aromatic carbocycles. The Morgan fingerprint density at radius 3 is 2.57 bits per heavy atom. The highest BCUT2D eigenvalue weighted by Crippen LogP contribution is 2.33. The standard InChI is InChI=1S/C22H32N6O2/c1-3-18-5-4-7-28(18)22(30)21(29)26-8-6-19-15(12-26)9-20(24-23-19)27-13-16-10-25(2)11-17(16)14-27/h9,16-18H,3-8,10-14H2,1-2H3/t16-,17+,18?. The van der Waals surface area contributed by atoms with E-state index in [1.165, 1.54) is 0 Å².